The molecule has 0 aromatic carbocycles. The minimum Gasteiger partial charge on any atom is -0.381 e. The molecule has 18 heavy (non-hydrogen) atoms. The van der Waals surface area contributed by atoms with Crippen LogP contribution in [0.2, 0.25) is 0 Å². The van der Waals surface area contributed by atoms with Crippen LogP contribution in [0.25, 0.3) is 0 Å². The SMILES string of the molecule is COC1(C(NN)C2CCC(C)CC2)CCOCC1. The topological polar surface area (TPSA) is 56.5 Å². The van der Waals surface area contributed by atoms with Gasteiger partial charge in [0.25, 0.3) is 0 Å². The van der Waals surface area contributed by atoms with Gasteiger partial charge in [-0.3, -0.25) is 11.3 Å². The number of methoxy groups -OCH3 is 1. The Bertz CT molecular complexity index is 246. The van der Waals surface area contributed by atoms with Gasteiger partial charge in [0.15, 0.2) is 0 Å². The average molecular weight is 256 g/mol. The van der Waals surface area contributed by atoms with E-state index in [-0.39, 0.29) is 11.6 Å². The molecule has 1 aliphatic carbocycles. The summed E-state index contributed by atoms with van der Waals surface area (Å²) < 4.78 is 11.4. The first-order chi connectivity index (χ1) is 8.72. The van der Waals surface area contributed by atoms with E-state index >= 15 is 0 Å². The van der Waals surface area contributed by atoms with Gasteiger partial charge in [0.05, 0.1) is 11.6 Å². The number of hydrogen-bond donors (Lipinski definition) is 2. The van der Waals surface area contributed by atoms with Gasteiger partial charge in [-0.15, -0.1) is 0 Å². The largest absolute Gasteiger partial charge is 0.381 e. The molecule has 0 amide bonds. The van der Waals surface area contributed by atoms with Crippen LogP contribution in [0.15, 0.2) is 0 Å². The molecule has 2 fully saturated rings. The first kappa shape index (κ1) is 14.3. The number of hydrazine groups is 1. The Morgan fingerprint density at radius 1 is 1.22 bits per heavy atom. The van der Waals surface area contributed by atoms with Gasteiger partial charge in [-0.1, -0.05) is 19.8 Å². The quantitative estimate of drug-likeness (QED) is 0.595. The van der Waals surface area contributed by atoms with Gasteiger partial charge in [-0.05, 0) is 24.7 Å². The van der Waals surface area contributed by atoms with Crippen molar-refractivity contribution in [2.45, 2.75) is 57.1 Å². The molecule has 1 saturated heterocycles. The Balaban J connectivity index is 2.05. The lowest BCUT2D eigenvalue weighted by Gasteiger charge is -2.46. The van der Waals surface area contributed by atoms with E-state index in [1.165, 1.54) is 25.7 Å². The van der Waals surface area contributed by atoms with E-state index in [1.807, 2.05) is 7.11 Å². The fourth-order valence-electron chi connectivity index (χ4n) is 3.70. The van der Waals surface area contributed by atoms with Crippen LogP contribution in [0.3, 0.4) is 0 Å². The summed E-state index contributed by atoms with van der Waals surface area (Å²) in [6.45, 7) is 3.92. The number of nitrogens with two attached hydrogens (primary N) is 1. The molecular weight excluding hydrogens is 228 g/mol. The number of hydrogen-bond acceptors (Lipinski definition) is 4. The smallest absolute Gasteiger partial charge is 0.0890 e. The van der Waals surface area contributed by atoms with Gasteiger partial charge in [0.2, 0.25) is 0 Å². The van der Waals surface area contributed by atoms with E-state index < -0.39 is 0 Å². The van der Waals surface area contributed by atoms with Crippen molar-refractivity contribution in [2.75, 3.05) is 20.3 Å². The average Bonchev–Trinajstić information content (AvgIpc) is 2.43. The molecule has 2 aliphatic rings. The van der Waals surface area contributed by atoms with Crippen LogP contribution in [0, 0.1) is 11.8 Å². The third kappa shape index (κ3) is 2.87. The first-order valence-electron chi connectivity index (χ1n) is 7.31. The van der Waals surface area contributed by atoms with Crippen molar-refractivity contribution >= 4 is 0 Å². The predicted octanol–water partition coefficient (Wildman–Crippen LogP) is 1.84. The summed E-state index contributed by atoms with van der Waals surface area (Å²) in [7, 11) is 1.82. The molecule has 0 radical (unpaired) electrons. The summed E-state index contributed by atoms with van der Waals surface area (Å²) in [6, 6.07) is 0.263. The highest BCUT2D eigenvalue weighted by atomic mass is 16.5. The van der Waals surface area contributed by atoms with Crippen LogP contribution in [0.4, 0.5) is 0 Å². The molecule has 0 aromatic heterocycles. The summed E-state index contributed by atoms with van der Waals surface area (Å²) in [6.07, 6.45) is 7.07. The van der Waals surface area contributed by atoms with Crippen molar-refractivity contribution in [3.05, 3.63) is 0 Å². The lowest BCUT2D eigenvalue weighted by Crippen LogP contribution is -2.60. The maximum Gasteiger partial charge on any atom is 0.0890 e. The fraction of sp³-hybridized carbons (Fsp3) is 1.00. The van der Waals surface area contributed by atoms with Crippen molar-refractivity contribution in [1.82, 2.24) is 5.43 Å². The molecule has 1 saturated carbocycles. The van der Waals surface area contributed by atoms with Crippen LogP contribution in [-0.2, 0) is 9.47 Å². The zero-order valence-electron chi connectivity index (χ0n) is 11.8. The molecule has 1 aliphatic heterocycles. The predicted molar refractivity (Wildman–Crippen MR) is 72.0 cm³/mol. The number of rotatable bonds is 4. The molecular formula is C14H28N2O2. The monoisotopic (exact) mass is 256 g/mol. The fourth-order valence-corrected chi connectivity index (χ4v) is 3.70. The Labute approximate surface area is 111 Å². The van der Waals surface area contributed by atoms with Crippen LogP contribution in [-0.4, -0.2) is 32.0 Å². The molecule has 0 bridgehead atoms. The molecule has 1 atom stereocenters. The number of ether oxygens (including phenoxy) is 2. The summed E-state index contributed by atoms with van der Waals surface area (Å²) in [5.74, 6) is 7.37. The zero-order valence-corrected chi connectivity index (χ0v) is 11.8. The van der Waals surface area contributed by atoms with E-state index in [1.54, 1.807) is 0 Å². The van der Waals surface area contributed by atoms with Crippen LogP contribution < -0.4 is 11.3 Å². The molecule has 1 unspecified atom stereocenters. The van der Waals surface area contributed by atoms with Crippen LogP contribution in [0.1, 0.15) is 45.4 Å². The zero-order chi connectivity index (χ0) is 13.0. The third-order valence-electron chi connectivity index (χ3n) is 5.02. The Hall–Kier alpha value is -0.160. The molecule has 0 aromatic rings. The van der Waals surface area contributed by atoms with E-state index in [4.69, 9.17) is 15.3 Å². The Morgan fingerprint density at radius 3 is 2.33 bits per heavy atom. The van der Waals surface area contributed by atoms with E-state index in [9.17, 15) is 0 Å². The van der Waals surface area contributed by atoms with Crippen molar-refractivity contribution in [2.24, 2.45) is 17.7 Å². The van der Waals surface area contributed by atoms with Gasteiger partial charge in [0.1, 0.15) is 0 Å². The second-order valence-corrected chi connectivity index (χ2v) is 6.05. The molecule has 0 spiro atoms. The third-order valence-corrected chi connectivity index (χ3v) is 5.02. The van der Waals surface area contributed by atoms with E-state index in [2.05, 4.69) is 12.3 Å². The molecule has 4 nitrogen and oxygen atoms in total. The Morgan fingerprint density at radius 2 is 1.83 bits per heavy atom. The van der Waals surface area contributed by atoms with Crippen molar-refractivity contribution in [3.63, 3.8) is 0 Å². The van der Waals surface area contributed by atoms with Crippen LogP contribution >= 0.6 is 0 Å². The van der Waals surface area contributed by atoms with Crippen LogP contribution in [0.5, 0.6) is 0 Å². The van der Waals surface area contributed by atoms with E-state index in [0.29, 0.717) is 5.92 Å². The summed E-state index contributed by atoms with van der Waals surface area (Å²) in [4.78, 5) is 0. The highest BCUT2D eigenvalue weighted by molar-refractivity contribution is 4.98. The van der Waals surface area contributed by atoms with Gasteiger partial charge in [0, 0.05) is 33.2 Å². The van der Waals surface area contributed by atoms with Gasteiger partial charge >= 0.3 is 0 Å². The minimum atomic E-state index is -0.127. The van der Waals surface area contributed by atoms with Gasteiger partial charge in [-0.2, -0.15) is 0 Å². The second-order valence-electron chi connectivity index (χ2n) is 6.05. The molecule has 2 rings (SSSR count). The maximum atomic E-state index is 5.89. The maximum absolute atomic E-state index is 5.89. The summed E-state index contributed by atoms with van der Waals surface area (Å²) in [5, 5.41) is 0. The number of nitrogens with one attached hydrogen (secondary N) is 1. The normalized spacial score (nSPS) is 34.2. The van der Waals surface area contributed by atoms with Gasteiger partial charge < -0.3 is 9.47 Å². The first-order valence-corrected chi connectivity index (χ1v) is 7.31. The van der Waals surface area contributed by atoms with Crippen molar-refractivity contribution < 1.29 is 9.47 Å². The highest BCUT2D eigenvalue weighted by Crippen LogP contribution is 2.38. The molecule has 1 heterocycles. The Kier molecular flexibility index (Phi) is 5.01. The standard InChI is InChI=1S/C14H28N2O2/c1-11-3-5-12(6-4-11)13(16-15)14(17-2)7-9-18-10-8-14/h11-13,16H,3-10,15H2,1-2H3. The lowest BCUT2D eigenvalue weighted by molar-refractivity contribution is -0.123. The molecule has 3 N–H and O–H groups in total. The summed E-state index contributed by atoms with van der Waals surface area (Å²) >= 11 is 0. The van der Waals surface area contributed by atoms with Crippen molar-refractivity contribution in [3.8, 4) is 0 Å². The molecule has 4 heteroatoms. The lowest BCUT2D eigenvalue weighted by atomic mass is 9.72. The van der Waals surface area contributed by atoms with Crippen molar-refractivity contribution in [1.29, 1.82) is 0 Å². The highest BCUT2D eigenvalue weighted by Gasteiger charge is 2.44. The summed E-state index contributed by atoms with van der Waals surface area (Å²) in [5.41, 5.74) is 2.94. The molecule has 106 valence electrons. The van der Waals surface area contributed by atoms with E-state index in [0.717, 1.165) is 32.0 Å². The van der Waals surface area contributed by atoms with Gasteiger partial charge in [-0.25, -0.2) is 0 Å². The minimum absolute atomic E-state index is 0.127. The second kappa shape index (κ2) is 6.33.